The number of nitriles is 1. The molecular formula is C19H14Cl2N4S. The highest BCUT2D eigenvalue weighted by atomic mass is 35.5. The van der Waals surface area contributed by atoms with Crippen LogP contribution < -0.4 is 4.80 Å². The fraction of sp³-hybridized carbons (Fsp3) is 0.105. The van der Waals surface area contributed by atoms with Gasteiger partial charge in [-0.1, -0.05) is 35.3 Å². The first-order valence-corrected chi connectivity index (χ1v) is 9.47. The van der Waals surface area contributed by atoms with Gasteiger partial charge in [0.25, 0.3) is 0 Å². The van der Waals surface area contributed by atoms with E-state index in [1.54, 1.807) is 35.2 Å². The summed E-state index contributed by atoms with van der Waals surface area (Å²) in [7, 11) is 0. The summed E-state index contributed by atoms with van der Waals surface area (Å²) in [5.74, 6) is 0. The number of aromatic nitrogens is 1. The lowest BCUT2D eigenvalue weighted by molar-refractivity contribution is 0.833. The molecule has 0 aliphatic carbocycles. The Balaban J connectivity index is 2.07. The minimum absolute atomic E-state index is 0.556. The number of thiazole rings is 1. The van der Waals surface area contributed by atoms with Gasteiger partial charge in [-0.05, 0) is 42.8 Å². The molecule has 3 aromatic rings. The Morgan fingerprint density at radius 1 is 1.19 bits per heavy atom. The molecule has 0 radical (unpaired) electrons. The molecule has 0 spiro atoms. The van der Waals surface area contributed by atoms with E-state index in [0.29, 0.717) is 22.2 Å². The normalized spacial score (nSPS) is 11.8. The molecule has 3 rings (SSSR count). The molecule has 0 aliphatic heterocycles. The highest BCUT2D eigenvalue weighted by Gasteiger charge is 2.11. The van der Waals surface area contributed by atoms with E-state index in [-0.39, 0.29) is 0 Å². The van der Waals surface area contributed by atoms with Crippen LogP contribution in [0, 0.1) is 11.3 Å². The quantitative estimate of drug-likeness (QED) is 0.555. The summed E-state index contributed by atoms with van der Waals surface area (Å²) in [4.78, 5) is 5.27. The molecule has 2 aromatic carbocycles. The van der Waals surface area contributed by atoms with E-state index in [0.717, 1.165) is 21.6 Å². The third-order valence-electron chi connectivity index (χ3n) is 3.55. The fourth-order valence-electron chi connectivity index (χ4n) is 2.31. The number of nitrogens with zero attached hydrogens (tertiary/aromatic N) is 4. The lowest BCUT2D eigenvalue weighted by Crippen LogP contribution is -2.12. The van der Waals surface area contributed by atoms with Crippen LogP contribution in [0.4, 0.5) is 0 Å². The lowest BCUT2D eigenvalue weighted by atomic mass is 10.2. The molecule has 0 saturated heterocycles. The van der Waals surface area contributed by atoms with E-state index >= 15 is 0 Å². The molecule has 0 unspecified atom stereocenters. The van der Waals surface area contributed by atoms with Crippen molar-refractivity contribution in [2.24, 2.45) is 10.1 Å². The summed E-state index contributed by atoms with van der Waals surface area (Å²) < 4.78 is 1.77. The summed E-state index contributed by atoms with van der Waals surface area (Å²) >= 11 is 13.9. The van der Waals surface area contributed by atoms with E-state index in [1.807, 2.05) is 30.5 Å². The van der Waals surface area contributed by atoms with Crippen LogP contribution in [-0.4, -0.2) is 17.4 Å². The average molecular weight is 401 g/mol. The second-order valence-corrected chi connectivity index (χ2v) is 6.97. The van der Waals surface area contributed by atoms with Gasteiger partial charge in [0.15, 0.2) is 0 Å². The second-order valence-electron chi connectivity index (χ2n) is 5.29. The van der Waals surface area contributed by atoms with Crippen LogP contribution in [0.15, 0.2) is 57.9 Å². The predicted molar refractivity (Wildman–Crippen MR) is 108 cm³/mol. The molecule has 0 saturated carbocycles. The van der Waals surface area contributed by atoms with E-state index < -0.39 is 0 Å². The zero-order valence-electron chi connectivity index (χ0n) is 13.9. The first kappa shape index (κ1) is 18.4. The van der Waals surface area contributed by atoms with E-state index in [4.69, 9.17) is 28.5 Å². The van der Waals surface area contributed by atoms with Crippen molar-refractivity contribution in [2.75, 3.05) is 6.54 Å². The minimum Gasteiger partial charge on any atom is -0.258 e. The Bertz CT molecular complexity index is 1060. The molecule has 7 heteroatoms. The number of benzene rings is 2. The Labute approximate surface area is 165 Å². The maximum absolute atomic E-state index is 8.89. The fourth-order valence-corrected chi connectivity index (χ4v) is 3.70. The number of rotatable bonds is 4. The molecule has 0 amide bonds. The van der Waals surface area contributed by atoms with Gasteiger partial charge in [0.05, 0.1) is 28.6 Å². The van der Waals surface area contributed by atoms with Gasteiger partial charge < -0.3 is 0 Å². The van der Waals surface area contributed by atoms with Gasteiger partial charge in [-0.25, -0.2) is 4.68 Å². The van der Waals surface area contributed by atoms with E-state index in [9.17, 15) is 0 Å². The first-order chi connectivity index (χ1) is 12.6. The molecule has 0 aliphatic rings. The molecule has 26 heavy (non-hydrogen) atoms. The average Bonchev–Trinajstić information content (AvgIpc) is 3.03. The van der Waals surface area contributed by atoms with E-state index in [1.165, 1.54) is 11.3 Å². The van der Waals surface area contributed by atoms with Crippen molar-refractivity contribution < 1.29 is 0 Å². The van der Waals surface area contributed by atoms with Crippen molar-refractivity contribution in [1.29, 1.82) is 5.26 Å². The van der Waals surface area contributed by atoms with Crippen LogP contribution in [0.1, 0.15) is 18.1 Å². The minimum atomic E-state index is 0.556. The van der Waals surface area contributed by atoms with Crippen LogP contribution >= 0.6 is 34.5 Å². The zero-order valence-corrected chi connectivity index (χ0v) is 16.2. The summed E-state index contributed by atoms with van der Waals surface area (Å²) in [6, 6.07) is 14.7. The SMILES string of the molecule is CCN=c1scc(-c2ccc(Cl)cc2Cl)n1N=Cc1ccc(C#N)cc1. The van der Waals surface area contributed by atoms with Crippen molar-refractivity contribution in [3.63, 3.8) is 0 Å². The monoisotopic (exact) mass is 400 g/mol. The van der Waals surface area contributed by atoms with Crippen LogP contribution in [0.2, 0.25) is 10.0 Å². The van der Waals surface area contributed by atoms with Crippen LogP contribution in [0.25, 0.3) is 11.3 Å². The Kier molecular flexibility index (Phi) is 5.89. The lowest BCUT2D eigenvalue weighted by Gasteiger charge is -2.06. The molecule has 1 heterocycles. The largest absolute Gasteiger partial charge is 0.258 e. The van der Waals surface area contributed by atoms with Gasteiger partial charge >= 0.3 is 0 Å². The Hall–Kier alpha value is -2.39. The van der Waals surface area contributed by atoms with Crippen molar-refractivity contribution in [3.8, 4) is 17.3 Å². The Morgan fingerprint density at radius 2 is 1.96 bits per heavy atom. The molecular weight excluding hydrogens is 387 g/mol. The van der Waals surface area contributed by atoms with Crippen LogP contribution in [0.5, 0.6) is 0 Å². The van der Waals surface area contributed by atoms with Crippen LogP contribution in [0.3, 0.4) is 0 Å². The molecule has 0 bridgehead atoms. The molecule has 0 atom stereocenters. The maximum atomic E-state index is 8.89. The topological polar surface area (TPSA) is 53.4 Å². The third-order valence-corrected chi connectivity index (χ3v) is 4.95. The highest BCUT2D eigenvalue weighted by Crippen LogP contribution is 2.30. The Morgan fingerprint density at radius 3 is 2.62 bits per heavy atom. The summed E-state index contributed by atoms with van der Waals surface area (Å²) in [6.45, 7) is 2.63. The smallest absolute Gasteiger partial charge is 0.206 e. The predicted octanol–water partition coefficient (Wildman–Crippen LogP) is 5.20. The molecule has 4 nitrogen and oxygen atoms in total. The van der Waals surface area contributed by atoms with Gasteiger partial charge in [0.1, 0.15) is 0 Å². The van der Waals surface area contributed by atoms with Crippen molar-refractivity contribution >= 4 is 40.8 Å². The zero-order chi connectivity index (χ0) is 18.5. The number of hydrogen-bond acceptors (Lipinski definition) is 4. The van der Waals surface area contributed by atoms with Crippen molar-refractivity contribution in [3.05, 3.63) is 73.8 Å². The highest BCUT2D eigenvalue weighted by molar-refractivity contribution is 7.07. The van der Waals surface area contributed by atoms with Gasteiger partial charge in [-0.2, -0.15) is 10.4 Å². The number of halogens is 2. The standard InChI is InChI=1S/C19H14Cl2N4S/c1-2-23-19-25(24-11-14-5-3-13(10-22)4-6-14)18(12-26-19)16-8-7-15(20)9-17(16)21/h3-9,11-12H,2H2,1H3. The van der Waals surface area contributed by atoms with Gasteiger partial charge in [0.2, 0.25) is 4.80 Å². The second kappa shape index (κ2) is 8.33. The summed E-state index contributed by atoms with van der Waals surface area (Å²) in [5, 5.41) is 16.6. The maximum Gasteiger partial charge on any atom is 0.206 e. The molecule has 0 fully saturated rings. The van der Waals surface area contributed by atoms with Crippen LogP contribution in [-0.2, 0) is 0 Å². The third kappa shape index (κ3) is 4.05. The van der Waals surface area contributed by atoms with Crippen molar-refractivity contribution in [2.45, 2.75) is 6.92 Å². The van der Waals surface area contributed by atoms with Crippen molar-refractivity contribution in [1.82, 2.24) is 4.68 Å². The van der Waals surface area contributed by atoms with Gasteiger partial charge in [-0.3, -0.25) is 4.99 Å². The summed E-state index contributed by atoms with van der Waals surface area (Å²) in [5.41, 5.74) is 3.18. The van der Waals surface area contributed by atoms with Gasteiger partial charge in [0, 0.05) is 22.5 Å². The number of hydrogen-bond donors (Lipinski definition) is 0. The van der Waals surface area contributed by atoms with E-state index in [2.05, 4.69) is 16.2 Å². The molecule has 130 valence electrons. The first-order valence-electron chi connectivity index (χ1n) is 7.83. The molecule has 1 aromatic heterocycles. The summed E-state index contributed by atoms with van der Waals surface area (Å²) in [6.07, 6.45) is 1.73. The molecule has 0 N–H and O–H groups in total. The van der Waals surface area contributed by atoms with Gasteiger partial charge in [-0.15, -0.1) is 11.3 Å².